The molecule has 5 nitrogen and oxygen atoms in total. The lowest BCUT2D eigenvalue weighted by Gasteiger charge is -2.15. The average molecular weight is 261 g/mol. The molecule has 0 fully saturated rings. The SMILES string of the molecule is CCOC(=O)C=C(C)N[C@@H](CCSC)C(=O)O. The fourth-order valence-electron chi connectivity index (χ4n) is 1.17. The molecule has 0 aliphatic heterocycles. The third-order valence-electron chi connectivity index (χ3n) is 1.93. The van der Waals surface area contributed by atoms with Crippen LogP contribution in [0.3, 0.4) is 0 Å². The molecule has 0 unspecified atom stereocenters. The summed E-state index contributed by atoms with van der Waals surface area (Å²) in [6.45, 7) is 3.66. The molecule has 17 heavy (non-hydrogen) atoms. The maximum absolute atomic E-state index is 11.1. The number of carbonyl (C=O) groups is 2. The van der Waals surface area contributed by atoms with Crippen LogP contribution < -0.4 is 5.32 Å². The average Bonchev–Trinajstić information content (AvgIpc) is 2.23. The van der Waals surface area contributed by atoms with Gasteiger partial charge in [-0.2, -0.15) is 11.8 Å². The highest BCUT2D eigenvalue weighted by Crippen LogP contribution is 2.03. The van der Waals surface area contributed by atoms with Crippen LogP contribution in [0.2, 0.25) is 0 Å². The van der Waals surface area contributed by atoms with Crippen LogP contribution in [0.25, 0.3) is 0 Å². The van der Waals surface area contributed by atoms with Gasteiger partial charge in [0.1, 0.15) is 6.04 Å². The van der Waals surface area contributed by atoms with E-state index in [0.29, 0.717) is 18.7 Å². The highest BCUT2D eigenvalue weighted by Gasteiger charge is 2.16. The van der Waals surface area contributed by atoms with Crippen LogP contribution >= 0.6 is 11.8 Å². The molecule has 0 aliphatic rings. The van der Waals surface area contributed by atoms with Crippen LogP contribution in [-0.2, 0) is 14.3 Å². The summed E-state index contributed by atoms with van der Waals surface area (Å²) in [6, 6.07) is -0.673. The second-order valence-corrected chi connectivity index (χ2v) is 4.38. The molecular formula is C11H19NO4S. The van der Waals surface area contributed by atoms with Crippen LogP contribution in [0, 0.1) is 0 Å². The molecule has 0 radical (unpaired) electrons. The molecule has 0 amide bonds. The van der Waals surface area contributed by atoms with Crippen molar-refractivity contribution in [1.29, 1.82) is 0 Å². The molecule has 0 bridgehead atoms. The van der Waals surface area contributed by atoms with Crippen LogP contribution in [0.5, 0.6) is 0 Å². The maximum atomic E-state index is 11.1. The van der Waals surface area contributed by atoms with Crippen LogP contribution in [0.1, 0.15) is 20.3 Å². The van der Waals surface area contributed by atoms with Crippen LogP contribution in [-0.4, -0.2) is 41.7 Å². The molecule has 0 saturated carbocycles. The van der Waals surface area contributed by atoms with Crippen molar-refractivity contribution in [2.75, 3.05) is 18.6 Å². The smallest absolute Gasteiger partial charge is 0.332 e. The fraction of sp³-hybridized carbons (Fsp3) is 0.636. The van der Waals surface area contributed by atoms with E-state index in [-0.39, 0.29) is 0 Å². The van der Waals surface area contributed by atoms with E-state index in [2.05, 4.69) is 5.32 Å². The van der Waals surface area contributed by atoms with Gasteiger partial charge in [-0.15, -0.1) is 0 Å². The van der Waals surface area contributed by atoms with Gasteiger partial charge in [0.2, 0.25) is 0 Å². The predicted molar refractivity (Wildman–Crippen MR) is 67.9 cm³/mol. The zero-order valence-corrected chi connectivity index (χ0v) is 11.2. The molecule has 0 saturated heterocycles. The first-order chi connectivity index (χ1) is 8.01. The maximum Gasteiger partial charge on any atom is 0.332 e. The summed E-state index contributed by atoms with van der Waals surface area (Å²) < 4.78 is 4.73. The first kappa shape index (κ1) is 15.8. The van der Waals surface area contributed by atoms with Gasteiger partial charge in [-0.25, -0.2) is 9.59 Å². The minimum atomic E-state index is -0.921. The molecule has 0 aromatic rings. The summed E-state index contributed by atoms with van der Waals surface area (Å²) in [5.74, 6) is -0.640. The normalized spacial score (nSPS) is 13.0. The summed E-state index contributed by atoms with van der Waals surface area (Å²) in [4.78, 5) is 22.1. The Balaban J connectivity index is 4.33. The topological polar surface area (TPSA) is 75.6 Å². The summed E-state index contributed by atoms with van der Waals surface area (Å²) >= 11 is 1.58. The molecular weight excluding hydrogens is 242 g/mol. The standard InChI is InChI=1S/C11H19NO4S/c1-4-16-10(13)7-8(2)12-9(11(14)15)5-6-17-3/h7,9,12H,4-6H2,1-3H3,(H,14,15)/t9-/m0/s1. The highest BCUT2D eigenvalue weighted by atomic mass is 32.2. The van der Waals surface area contributed by atoms with Gasteiger partial charge in [0.05, 0.1) is 6.61 Å². The molecule has 0 rings (SSSR count). The van der Waals surface area contributed by atoms with Gasteiger partial charge >= 0.3 is 11.9 Å². The highest BCUT2D eigenvalue weighted by molar-refractivity contribution is 7.98. The summed E-state index contributed by atoms with van der Waals surface area (Å²) in [5, 5.41) is 11.8. The van der Waals surface area contributed by atoms with E-state index in [1.807, 2.05) is 6.26 Å². The Bertz CT molecular complexity index is 291. The molecule has 0 spiro atoms. The van der Waals surface area contributed by atoms with E-state index in [0.717, 1.165) is 5.75 Å². The first-order valence-corrected chi connectivity index (χ1v) is 6.74. The number of thioether (sulfide) groups is 1. The number of hydrogen-bond acceptors (Lipinski definition) is 5. The number of esters is 1. The van der Waals surface area contributed by atoms with E-state index in [9.17, 15) is 9.59 Å². The number of rotatable bonds is 8. The third kappa shape index (κ3) is 7.68. The van der Waals surface area contributed by atoms with E-state index in [4.69, 9.17) is 9.84 Å². The quantitative estimate of drug-likeness (QED) is 0.506. The van der Waals surface area contributed by atoms with E-state index in [1.165, 1.54) is 6.08 Å². The lowest BCUT2D eigenvalue weighted by Crippen LogP contribution is -2.36. The third-order valence-corrected chi connectivity index (χ3v) is 2.58. The number of allylic oxidation sites excluding steroid dienone is 1. The monoisotopic (exact) mass is 261 g/mol. The Labute approximate surface area is 106 Å². The Morgan fingerprint density at radius 1 is 1.53 bits per heavy atom. The lowest BCUT2D eigenvalue weighted by atomic mass is 10.2. The summed E-state index contributed by atoms with van der Waals surface area (Å²) in [7, 11) is 0. The Hall–Kier alpha value is -1.17. The van der Waals surface area contributed by atoms with Crippen molar-refractivity contribution < 1.29 is 19.4 Å². The molecule has 0 aliphatic carbocycles. The van der Waals surface area contributed by atoms with Crippen molar-refractivity contribution in [3.63, 3.8) is 0 Å². The van der Waals surface area contributed by atoms with E-state index in [1.54, 1.807) is 25.6 Å². The van der Waals surface area contributed by atoms with Gasteiger partial charge in [-0.05, 0) is 32.3 Å². The number of carboxylic acid groups (broad SMARTS) is 1. The summed E-state index contributed by atoms with van der Waals surface area (Å²) in [5.41, 5.74) is 0.497. The molecule has 6 heteroatoms. The fourth-order valence-corrected chi connectivity index (χ4v) is 1.64. The van der Waals surface area contributed by atoms with Gasteiger partial charge < -0.3 is 15.2 Å². The van der Waals surface area contributed by atoms with Crippen LogP contribution in [0.15, 0.2) is 11.8 Å². The van der Waals surface area contributed by atoms with Gasteiger partial charge in [-0.1, -0.05) is 0 Å². The Morgan fingerprint density at radius 2 is 2.18 bits per heavy atom. The lowest BCUT2D eigenvalue weighted by molar-refractivity contribution is -0.140. The van der Waals surface area contributed by atoms with E-state index >= 15 is 0 Å². The largest absolute Gasteiger partial charge is 0.480 e. The van der Waals surface area contributed by atoms with Crippen molar-refractivity contribution in [1.82, 2.24) is 5.32 Å². The number of ether oxygens (including phenoxy) is 1. The Kier molecular flexibility index (Phi) is 8.31. The zero-order chi connectivity index (χ0) is 13.3. The van der Waals surface area contributed by atoms with Crippen molar-refractivity contribution in [3.8, 4) is 0 Å². The molecule has 0 heterocycles. The number of carboxylic acids is 1. The number of nitrogens with one attached hydrogen (secondary N) is 1. The van der Waals surface area contributed by atoms with Gasteiger partial charge in [0.25, 0.3) is 0 Å². The van der Waals surface area contributed by atoms with Crippen LogP contribution in [0.4, 0.5) is 0 Å². The molecule has 2 N–H and O–H groups in total. The minimum absolute atomic E-state index is 0.303. The van der Waals surface area contributed by atoms with Crippen molar-refractivity contribution in [2.45, 2.75) is 26.3 Å². The molecule has 0 aromatic heterocycles. The number of hydrogen-bond donors (Lipinski definition) is 2. The predicted octanol–water partition coefficient (Wildman–Crippen LogP) is 1.25. The van der Waals surface area contributed by atoms with Gasteiger partial charge in [-0.3, -0.25) is 0 Å². The minimum Gasteiger partial charge on any atom is -0.480 e. The second-order valence-electron chi connectivity index (χ2n) is 3.40. The number of aliphatic carboxylic acids is 1. The first-order valence-electron chi connectivity index (χ1n) is 5.34. The molecule has 1 atom stereocenters. The molecule has 98 valence electrons. The van der Waals surface area contributed by atoms with Crippen molar-refractivity contribution in [2.24, 2.45) is 0 Å². The summed E-state index contributed by atoms with van der Waals surface area (Å²) in [6.07, 6.45) is 3.68. The number of carbonyl (C=O) groups excluding carboxylic acids is 1. The van der Waals surface area contributed by atoms with Crippen molar-refractivity contribution >= 4 is 23.7 Å². The second kappa shape index (κ2) is 8.92. The van der Waals surface area contributed by atoms with Crippen molar-refractivity contribution in [3.05, 3.63) is 11.8 Å². The van der Waals surface area contributed by atoms with Gasteiger partial charge in [0, 0.05) is 11.8 Å². The Morgan fingerprint density at radius 3 is 2.65 bits per heavy atom. The molecule has 0 aromatic carbocycles. The zero-order valence-electron chi connectivity index (χ0n) is 10.4. The van der Waals surface area contributed by atoms with E-state index < -0.39 is 18.0 Å². The van der Waals surface area contributed by atoms with Gasteiger partial charge in [0.15, 0.2) is 0 Å².